The van der Waals surface area contributed by atoms with Gasteiger partial charge in [-0.15, -0.1) is 0 Å². The molecule has 0 spiro atoms. The van der Waals surface area contributed by atoms with Gasteiger partial charge in [-0.3, -0.25) is 9.69 Å². The van der Waals surface area contributed by atoms with Crippen LogP contribution in [0.4, 0.5) is 0 Å². The summed E-state index contributed by atoms with van der Waals surface area (Å²) >= 11 is 0. The zero-order chi connectivity index (χ0) is 18.4. The smallest absolute Gasteiger partial charge is 0.302 e. The largest absolute Gasteiger partial charge is 0.461 e. The summed E-state index contributed by atoms with van der Waals surface area (Å²) in [5.74, 6) is 0.257. The first kappa shape index (κ1) is 19.9. The summed E-state index contributed by atoms with van der Waals surface area (Å²) in [6, 6.07) is 10.9. The van der Waals surface area contributed by atoms with Crippen LogP contribution >= 0.6 is 0 Å². The van der Waals surface area contributed by atoms with Gasteiger partial charge in [0.15, 0.2) is 0 Å². The molecule has 1 fully saturated rings. The molecule has 2 rings (SSSR count). The molecule has 4 nitrogen and oxygen atoms in total. The van der Waals surface area contributed by atoms with Crippen molar-refractivity contribution in [1.82, 2.24) is 4.90 Å². The molecule has 1 aromatic rings. The number of esters is 1. The van der Waals surface area contributed by atoms with Crippen molar-refractivity contribution in [2.24, 2.45) is 5.41 Å². The fourth-order valence-corrected chi connectivity index (χ4v) is 4.12. The van der Waals surface area contributed by atoms with Crippen molar-refractivity contribution in [1.29, 1.82) is 0 Å². The molecule has 25 heavy (non-hydrogen) atoms. The number of hydrogen-bond donors (Lipinski definition) is 0. The zero-order valence-corrected chi connectivity index (χ0v) is 16.3. The molecule has 140 valence electrons. The highest BCUT2D eigenvalue weighted by Gasteiger charge is 2.41. The van der Waals surface area contributed by atoms with Gasteiger partial charge in [-0.25, -0.2) is 0 Å². The number of methoxy groups -OCH3 is 1. The lowest BCUT2D eigenvalue weighted by molar-refractivity contribution is -0.152. The summed E-state index contributed by atoms with van der Waals surface area (Å²) in [6.45, 7) is 10.7. The summed E-state index contributed by atoms with van der Waals surface area (Å²) in [4.78, 5) is 14.2. The SMILES string of the molecule is COCCN1CC(c2ccccc2)CCC(OC(C)=O)C1C(C)(C)C. The monoisotopic (exact) mass is 347 g/mol. The molecule has 1 aliphatic rings. The van der Waals surface area contributed by atoms with E-state index in [2.05, 4.69) is 56.0 Å². The van der Waals surface area contributed by atoms with E-state index < -0.39 is 0 Å². The Morgan fingerprint density at radius 3 is 2.44 bits per heavy atom. The molecular formula is C21H33NO3. The maximum Gasteiger partial charge on any atom is 0.302 e. The summed E-state index contributed by atoms with van der Waals surface area (Å²) in [5.41, 5.74) is 1.38. The fourth-order valence-electron chi connectivity index (χ4n) is 4.12. The lowest BCUT2D eigenvalue weighted by Crippen LogP contribution is -2.53. The van der Waals surface area contributed by atoms with Gasteiger partial charge in [0.2, 0.25) is 0 Å². The van der Waals surface area contributed by atoms with Crippen LogP contribution in [0.1, 0.15) is 52.0 Å². The van der Waals surface area contributed by atoms with Crippen LogP contribution in [0, 0.1) is 5.41 Å². The summed E-state index contributed by atoms with van der Waals surface area (Å²) in [6.07, 6.45) is 1.84. The molecule has 0 radical (unpaired) electrons. The van der Waals surface area contributed by atoms with Crippen LogP contribution in [0.15, 0.2) is 30.3 Å². The number of hydrogen-bond acceptors (Lipinski definition) is 4. The van der Waals surface area contributed by atoms with Crippen molar-refractivity contribution in [3.8, 4) is 0 Å². The summed E-state index contributed by atoms with van der Waals surface area (Å²) in [7, 11) is 1.74. The molecule has 0 aliphatic carbocycles. The minimum Gasteiger partial charge on any atom is -0.461 e. The number of likely N-dealkylation sites (tertiary alicyclic amines) is 1. The fraction of sp³-hybridized carbons (Fsp3) is 0.667. The molecule has 0 N–H and O–H groups in total. The second kappa shape index (κ2) is 8.81. The van der Waals surface area contributed by atoms with Crippen molar-refractivity contribution in [2.45, 2.75) is 58.6 Å². The van der Waals surface area contributed by atoms with E-state index >= 15 is 0 Å². The van der Waals surface area contributed by atoms with E-state index in [-0.39, 0.29) is 23.5 Å². The maximum absolute atomic E-state index is 11.7. The topological polar surface area (TPSA) is 38.8 Å². The zero-order valence-electron chi connectivity index (χ0n) is 16.3. The molecule has 3 unspecified atom stereocenters. The lowest BCUT2D eigenvalue weighted by Gasteiger charge is -2.43. The highest BCUT2D eigenvalue weighted by Crippen LogP contribution is 2.37. The number of carbonyl (C=O) groups excluding carboxylic acids is 1. The number of ether oxygens (including phenoxy) is 2. The molecule has 0 saturated carbocycles. The van der Waals surface area contributed by atoms with Gasteiger partial charge in [-0.2, -0.15) is 0 Å². The van der Waals surface area contributed by atoms with E-state index in [9.17, 15) is 4.79 Å². The highest BCUT2D eigenvalue weighted by atomic mass is 16.5. The molecule has 0 aromatic heterocycles. The Morgan fingerprint density at radius 2 is 1.88 bits per heavy atom. The predicted octanol–water partition coefficient (Wildman–Crippen LogP) is 3.86. The van der Waals surface area contributed by atoms with E-state index in [4.69, 9.17) is 9.47 Å². The van der Waals surface area contributed by atoms with Gasteiger partial charge in [-0.1, -0.05) is 51.1 Å². The van der Waals surface area contributed by atoms with Crippen molar-refractivity contribution < 1.29 is 14.3 Å². The Kier molecular flexibility index (Phi) is 7.03. The lowest BCUT2D eigenvalue weighted by atomic mass is 9.81. The third-order valence-electron chi connectivity index (χ3n) is 5.06. The minimum atomic E-state index is -0.191. The maximum atomic E-state index is 11.7. The normalized spacial score (nSPS) is 25.4. The predicted molar refractivity (Wildman–Crippen MR) is 101 cm³/mol. The van der Waals surface area contributed by atoms with Crippen LogP contribution in [0.2, 0.25) is 0 Å². The third kappa shape index (κ3) is 5.55. The first-order chi connectivity index (χ1) is 11.8. The number of nitrogens with zero attached hydrogens (tertiary/aromatic N) is 1. The third-order valence-corrected chi connectivity index (χ3v) is 5.06. The van der Waals surface area contributed by atoms with Gasteiger partial charge < -0.3 is 9.47 Å². The van der Waals surface area contributed by atoms with Gasteiger partial charge in [-0.05, 0) is 29.7 Å². The molecule has 1 aliphatic heterocycles. The Balaban J connectivity index is 2.32. The minimum absolute atomic E-state index is 0.0133. The molecule has 0 amide bonds. The number of rotatable bonds is 5. The van der Waals surface area contributed by atoms with E-state index in [1.165, 1.54) is 12.5 Å². The Bertz CT molecular complexity index is 538. The highest BCUT2D eigenvalue weighted by molar-refractivity contribution is 5.66. The van der Waals surface area contributed by atoms with Crippen molar-refractivity contribution in [3.63, 3.8) is 0 Å². The molecule has 4 heteroatoms. The van der Waals surface area contributed by atoms with Gasteiger partial charge in [0, 0.05) is 27.1 Å². The molecular weight excluding hydrogens is 314 g/mol. The summed E-state index contributed by atoms with van der Waals surface area (Å²) < 4.78 is 11.1. The second-order valence-corrected chi connectivity index (χ2v) is 8.13. The number of benzene rings is 1. The van der Waals surface area contributed by atoms with Crippen LogP contribution in [0.3, 0.4) is 0 Å². The van der Waals surface area contributed by atoms with E-state index in [0.717, 1.165) is 25.9 Å². The van der Waals surface area contributed by atoms with E-state index in [1.54, 1.807) is 7.11 Å². The van der Waals surface area contributed by atoms with Crippen LogP contribution in [-0.2, 0) is 14.3 Å². The van der Waals surface area contributed by atoms with Crippen LogP contribution < -0.4 is 0 Å². The van der Waals surface area contributed by atoms with Gasteiger partial charge in [0.1, 0.15) is 6.10 Å². The molecule has 3 atom stereocenters. The van der Waals surface area contributed by atoms with Crippen LogP contribution in [0.5, 0.6) is 0 Å². The van der Waals surface area contributed by atoms with Gasteiger partial charge in [0.05, 0.1) is 12.6 Å². The van der Waals surface area contributed by atoms with Gasteiger partial charge in [0.25, 0.3) is 0 Å². The average molecular weight is 347 g/mol. The van der Waals surface area contributed by atoms with E-state index in [1.807, 2.05) is 0 Å². The van der Waals surface area contributed by atoms with Crippen LogP contribution in [-0.4, -0.2) is 49.8 Å². The van der Waals surface area contributed by atoms with Crippen molar-refractivity contribution in [2.75, 3.05) is 26.8 Å². The first-order valence-electron chi connectivity index (χ1n) is 9.28. The van der Waals surface area contributed by atoms with E-state index in [0.29, 0.717) is 12.5 Å². The molecule has 1 aromatic carbocycles. The Labute approximate surface area is 152 Å². The molecule has 0 bridgehead atoms. The molecule has 1 heterocycles. The van der Waals surface area contributed by atoms with Crippen LogP contribution in [0.25, 0.3) is 0 Å². The number of carbonyl (C=O) groups is 1. The quantitative estimate of drug-likeness (QED) is 0.758. The van der Waals surface area contributed by atoms with Crippen molar-refractivity contribution >= 4 is 5.97 Å². The van der Waals surface area contributed by atoms with Crippen molar-refractivity contribution in [3.05, 3.63) is 35.9 Å². The first-order valence-corrected chi connectivity index (χ1v) is 9.28. The Morgan fingerprint density at radius 1 is 1.20 bits per heavy atom. The van der Waals surface area contributed by atoms with Gasteiger partial charge >= 0.3 is 5.97 Å². The second-order valence-electron chi connectivity index (χ2n) is 8.13. The summed E-state index contributed by atoms with van der Waals surface area (Å²) in [5, 5.41) is 0. The standard InChI is InChI=1S/C21H33NO3/c1-16(23)25-19-12-11-18(17-9-7-6-8-10-17)15-22(13-14-24-5)20(19)21(2,3)4/h6-10,18-20H,11-15H2,1-5H3. The molecule has 1 saturated heterocycles. The Hall–Kier alpha value is -1.39. The average Bonchev–Trinajstić information content (AvgIpc) is 2.72.